The Morgan fingerprint density at radius 3 is 2.47 bits per heavy atom. The van der Waals surface area contributed by atoms with Crippen molar-refractivity contribution in [3.8, 4) is 5.69 Å². The van der Waals surface area contributed by atoms with Crippen LogP contribution >= 0.6 is 23.2 Å². The Morgan fingerprint density at radius 2 is 1.95 bits per heavy atom. The zero-order valence-electron chi connectivity index (χ0n) is 10.3. The molecule has 0 atom stereocenters. The Balaban J connectivity index is 2.70. The minimum absolute atomic E-state index is 0.0380. The molecule has 0 amide bonds. The van der Waals surface area contributed by atoms with Crippen LogP contribution in [0.4, 0.5) is 5.82 Å². The lowest BCUT2D eigenvalue weighted by molar-refractivity contribution is 0.0596. The van der Waals surface area contributed by atoms with Gasteiger partial charge in [0.25, 0.3) is 0 Å². The first-order chi connectivity index (χ1) is 8.97. The van der Waals surface area contributed by atoms with Crippen molar-refractivity contribution in [1.82, 2.24) is 9.55 Å². The van der Waals surface area contributed by atoms with E-state index in [0.29, 0.717) is 21.6 Å². The Labute approximate surface area is 119 Å². The number of para-hydroxylation sites is 1. The van der Waals surface area contributed by atoms with Gasteiger partial charge >= 0.3 is 5.97 Å². The van der Waals surface area contributed by atoms with Gasteiger partial charge in [-0.15, -0.1) is 0 Å². The maximum atomic E-state index is 11.6. The van der Waals surface area contributed by atoms with E-state index in [2.05, 4.69) is 9.72 Å². The van der Waals surface area contributed by atoms with Crippen molar-refractivity contribution in [3.05, 3.63) is 39.8 Å². The van der Waals surface area contributed by atoms with Gasteiger partial charge in [0, 0.05) is 0 Å². The monoisotopic (exact) mass is 299 g/mol. The number of aromatic nitrogens is 2. The van der Waals surface area contributed by atoms with Crippen LogP contribution in [0.1, 0.15) is 16.3 Å². The summed E-state index contributed by atoms with van der Waals surface area (Å²) in [5.74, 6) is 0.0229. The average Bonchev–Trinajstić information content (AvgIpc) is 2.65. The van der Waals surface area contributed by atoms with E-state index in [9.17, 15) is 4.79 Å². The Bertz CT molecular complexity index is 632. The molecule has 0 aliphatic rings. The number of hydrogen-bond acceptors (Lipinski definition) is 4. The molecule has 0 saturated heterocycles. The second-order valence-corrected chi connectivity index (χ2v) is 4.60. The molecule has 2 aromatic rings. The molecule has 7 heteroatoms. The number of carbonyl (C=O) groups is 1. The fourth-order valence-electron chi connectivity index (χ4n) is 1.78. The summed E-state index contributed by atoms with van der Waals surface area (Å²) >= 11 is 12.3. The number of halogens is 2. The summed E-state index contributed by atoms with van der Waals surface area (Å²) in [7, 11) is 1.26. The van der Waals surface area contributed by atoms with Gasteiger partial charge in [-0.3, -0.25) is 4.57 Å². The zero-order chi connectivity index (χ0) is 14.2. The molecule has 100 valence electrons. The number of nitrogen functional groups attached to an aromatic ring is 1. The van der Waals surface area contributed by atoms with E-state index in [1.807, 2.05) is 0 Å². The minimum atomic E-state index is -0.609. The SMILES string of the molecule is COC(=O)c1nc(C)n(-c2c(Cl)cccc2Cl)c1N. The predicted octanol–water partition coefficient (Wildman–Crippen LogP) is 2.86. The van der Waals surface area contributed by atoms with Crippen LogP contribution in [-0.2, 0) is 4.74 Å². The number of ether oxygens (including phenoxy) is 1. The molecule has 1 heterocycles. The van der Waals surface area contributed by atoms with Crippen molar-refractivity contribution in [2.75, 3.05) is 12.8 Å². The van der Waals surface area contributed by atoms with E-state index in [-0.39, 0.29) is 11.5 Å². The second kappa shape index (κ2) is 5.11. The number of anilines is 1. The van der Waals surface area contributed by atoms with E-state index in [0.717, 1.165) is 0 Å². The minimum Gasteiger partial charge on any atom is -0.464 e. The van der Waals surface area contributed by atoms with E-state index in [1.54, 1.807) is 25.1 Å². The summed E-state index contributed by atoms with van der Waals surface area (Å²) in [6.45, 7) is 1.70. The molecule has 5 nitrogen and oxygen atoms in total. The first-order valence-corrected chi connectivity index (χ1v) is 6.10. The van der Waals surface area contributed by atoms with E-state index in [1.165, 1.54) is 11.7 Å². The molecule has 2 N–H and O–H groups in total. The summed E-state index contributed by atoms with van der Waals surface area (Å²) in [6, 6.07) is 5.08. The summed E-state index contributed by atoms with van der Waals surface area (Å²) in [6.07, 6.45) is 0. The van der Waals surface area contributed by atoms with Crippen LogP contribution in [-0.4, -0.2) is 22.6 Å². The van der Waals surface area contributed by atoms with Crippen molar-refractivity contribution in [2.45, 2.75) is 6.92 Å². The van der Waals surface area contributed by atoms with Crippen LogP contribution in [0.15, 0.2) is 18.2 Å². The third-order valence-electron chi connectivity index (χ3n) is 2.62. The first kappa shape index (κ1) is 13.7. The molecule has 2 rings (SSSR count). The fraction of sp³-hybridized carbons (Fsp3) is 0.167. The summed E-state index contributed by atoms with van der Waals surface area (Å²) in [4.78, 5) is 15.6. The summed E-state index contributed by atoms with van der Waals surface area (Å²) in [5, 5.41) is 0.826. The lowest BCUT2D eigenvalue weighted by Gasteiger charge is -2.11. The predicted molar refractivity (Wildman–Crippen MR) is 74.1 cm³/mol. The van der Waals surface area contributed by atoms with Crippen LogP contribution < -0.4 is 5.73 Å². The number of aryl methyl sites for hydroxylation is 1. The smallest absolute Gasteiger partial charge is 0.360 e. The maximum Gasteiger partial charge on any atom is 0.360 e. The highest BCUT2D eigenvalue weighted by atomic mass is 35.5. The van der Waals surface area contributed by atoms with Gasteiger partial charge in [-0.25, -0.2) is 9.78 Å². The van der Waals surface area contributed by atoms with Gasteiger partial charge in [0.05, 0.1) is 22.8 Å². The topological polar surface area (TPSA) is 70.1 Å². The molecule has 0 unspecified atom stereocenters. The number of nitrogens with zero attached hydrogens (tertiary/aromatic N) is 2. The summed E-state index contributed by atoms with van der Waals surface area (Å²) < 4.78 is 6.15. The molecular weight excluding hydrogens is 289 g/mol. The van der Waals surface area contributed by atoms with Crippen LogP contribution in [0, 0.1) is 6.92 Å². The largest absolute Gasteiger partial charge is 0.464 e. The highest BCUT2D eigenvalue weighted by Crippen LogP contribution is 2.32. The Hall–Kier alpha value is -1.72. The lowest BCUT2D eigenvalue weighted by Crippen LogP contribution is -2.08. The molecule has 1 aromatic heterocycles. The third kappa shape index (κ3) is 2.27. The molecular formula is C12H11Cl2N3O2. The summed E-state index contributed by atoms with van der Waals surface area (Å²) in [5.41, 5.74) is 6.46. The maximum absolute atomic E-state index is 11.6. The van der Waals surface area contributed by atoms with Gasteiger partial charge in [-0.05, 0) is 19.1 Å². The van der Waals surface area contributed by atoms with Gasteiger partial charge < -0.3 is 10.5 Å². The molecule has 1 aromatic carbocycles. The quantitative estimate of drug-likeness (QED) is 0.866. The second-order valence-electron chi connectivity index (χ2n) is 3.79. The highest BCUT2D eigenvalue weighted by Gasteiger charge is 2.22. The standard InChI is InChI=1S/C12H11Cl2N3O2/c1-6-16-9(12(18)19-2)11(15)17(6)10-7(13)4-3-5-8(10)14/h3-5H,15H2,1-2H3. The molecule has 0 bridgehead atoms. The third-order valence-corrected chi connectivity index (χ3v) is 3.23. The molecule has 0 aliphatic heterocycles. The lowest BCUT2D eigenvalue weighted by atomic mass is 10.3. The number of carbonyl (C=O) groups excluding carboxylic acids is 1. The Kier molecular flexibility index (Phi) is 3.68. The van der Waals surface area contributed by atoms with E-state index >= 15 is 0 Å². The first-order valence-electron chi connectivity index (χ1n) is 5.35. The number of benzene rings is 1. The number of nitrogens with two attached hydrogens (primary N) is 1. The molecule has 0 saturated carbocycles. The van der Waals surface area contributed by atoms with Crippen molar-refractivity contribution < 1.29 is 9.53 Å². The van der Waals surface area contributed by atoms with Gasteiger partial charge in [0.2, 0.25) is 0 Å². The number of esters is 1. The van der Waals surface area contributed by atoms with Gasteiger partial charge in [0.15, 0.2) is 5.69 Å². The molecule has 19 heavy (non-hydrogen) atoms. The number of imidazole rings is 1. The van der Waals surface area contributed by atoms with Crippen LogP contribution in [0.25, 0.3) is 5.69 Å². The fourth-order valence-corrected chi connectivity index (χ4v) is 2.35. The van der Waals surface area contributed by atoms with Gasteiger partial charge in [-0.1, -0.05) is 29.3 Å². The van der Waals surface area contributed by atoms with Crippen molar-refractivity contribution in [2.24, 2.45) is 0 Å². The normalized spacial score (nSPS) is 10.5. The zero-order valence-corrected chi connectivity index (χ0v) is 11.8. The van der Waals surface area contributed by atoms with Crippen LogP contribution in [0.5, 0.6) is 0 Å². The molecule has 0 radical (unpaired) electrons. The van der Waals surface area contributed by atoms with Crippen molar-refractivity contribution in [3.63, 3.8) is 0 Å². The van der Waals surface area contributed by atoms with Crippen LogP contribution in [0.3, 0.4) is 0 Å². The van der Waals surface area contributed by atoms with Gasteiger partial charge in [0.1, 0.15) is 11.6 Å². The van der Waals surface area contributed by atoms with Crippen LogP contribution in [0.2, 0.25) is 10.0 Å². The number of hydrogen-bond donors (Lipinski definition) is 1. The van der Waals surface area contributed by atoms with Crippen molar-refractivity contribution in [1.29, 1.82) is 0 Å². The van der Waals surface area contributed by atoms with E-state index < -0.39 is 5.97 Å². The highest BCUT2D eigenvalue weighted by molar-refractivity contribution is 6.37. The molecule has 0 aliphatic carbocycles. The molecule has 0 fully saturated rings. The van der Waals surface area contributed by atoms with Gasteiger partial charge in [-0.2, -0.15) is 0 Å². The average molecular weight is 300 g/mol. The Morgan fingerprint density at radius 1 is 1.37 bits per heavy atom. The number of rotatable bonds is 2. The van der Waals surface area contributed by atoms with Crippen molar-refractivity contribution >= 4 is 35.0 Å². The number of methoxy groups -OCH3 is 1. The van der Waals surface area contributed by atoms with E-state index in [4.69, 9.17) is 28.9 Å². The molecule has 0 spiro atoms.